The molecule has 1 aliphatic rings. The van der Waals surface area contributed by atoms with Gasteiger partial charge in [0.25, 0.3) is 0 Å². The zero-order valence-corrected chi connectivity index (χ0v) is 11.4. The Morgan fingerprint density at radius 1 is 1.60 bits per heavy atom. The Hall–Kier alpha value is 0.140. The van der Waals surface area contributed by atoms with Gasteiger partial charge in [-0.05, 0) is 45.6 Å². The van der Waals surface area contributed by atoms with Crippen molar-refractivity contribution < 1.29 is 5.11 Å². The molecule has 1 nitrogen and oxygen atoms in total. The summed E-state index contributed by atoms with van der Waals surface area (Å²) in [5.74, 6) is 1.21. The van der Waals surface area contributed by atoms with Gasteiger partial charge in [-0.3, -0.25) is 0 Å². The molecule has 1 fully saturated rings. The highest BCUT2D eigenvalue weighted by Gasteiger charge is 2.30. The summed E-state index contributed by atoms with van der Waals surface area (Å²) in [6.07, 6.45) is 4.43. The van der Waals surface area contributed by atoms with Gasteiger partial charge in [-0.25, -0.2) is 0 Å². The predicted octanol–water partition coefficient (Wildman–Crippen LogP) is 3.85. The van der Waals surface area contributed by atoms with Crippen molar-refractivity contribution in [2.24, 2.45) is 11.8 Å². The molecule has 3 atom stereocenters. The SMILES string of the molecule is CC1CCCC1C(O)Cc1sccc1Br. The second kappa shape index (κ2) is 4.98. The van der Waals surface area contributed by atoms with Crippen molar-refractivity contribution in [3.63, 3.8) is 0 Å². The fourth-order valence-corrected chi connectivity index (χ4v) is 4.12. The third kappa shape index (κ3) is 2.63. The minimum Gasteiger partial charge on any atom is -0.392 e. The predicted molar refractivity (Wildman–Crippen MR) is 68.2 cm³/mol. The van der Waals surface area contributed by atoms with Gasteiger partial charge in [0.1, 0.15) is 0 Å². The van der Waals surface area contributed by atoms with Gasteiger partial charge in [-0.2, -0.15) is 0 Å². The highest BCUT2D eigenvalue weighted by molar-refractivity contribution is 9.10. The van der Waals surface area contributed by atoms with E-state index in [1.165, 1.54) is 24.1 Å². The van der Waals surface area contributed by atoms with Gasteiger partial charge in [0.05, 0.1) is 6.10 Å². The van der Waals surface area contributed by atoms with Gasteiger partial charge in [-0.15, -0.1) is 11.3 Å². The van der Waals surface area contributed by atoms with Crippen LogP contribution in [0, 0.1) is 11.8 Å². The normalized spacial score (nSPS) is 28.2. The molecule has 2 rings (SSSR count). The van der Waals surface area contributed by atoms with Gasteiger partial charge in [0.2, 0.25) is 0 Å². The average Bonchev–Trinajstić information content (AvgIpc) is 2.76. The summed E-state index contributed by atoms with van der Waals surface area (Å²) < 4.78 is 1.15. The fraction of sp³-hybridized carbons (Fsp3) is 0.667. The molecule has 0 amide bonds. The smallest absolute Gasteiger partial charge is 0.0619 e. The minimum atomic E-state index is -0.155. The van der Waals surface area contributed by atoms with Crippen LogP contribution in [-0.4, -0.2) is 11.2 Å². The van der Waals surface area contributed by atoms with E-state index in [0.717, 1.165) is 10.9 Å². The molecular formula is C12H17BrOS. The highest BCUT2D eigenvalue weighted by atomic mass is 79.9. The fourth-order valence-electron chi connectivity index (χ4n) is 2.56. The lowest BCUT2D eigenvalue weighted by Crippen LogP contribution is -2.24. The summed E-state index contributed by atoms with van der Waals surface area (Å²) >= 11 is 5.25. The topological polar surface area (TPSA) is 20.2 Å². The molecule has 0 radical (unpaired) electrons. The minimum absolute atomic E-state index is 0.155. The summed E-state index contributed by atoms with van der Waals surface area (Å²) in [6, 6.07) is 2.06. The molecule has 0 bridgehead atoms. The van der Waals surface area contributed by atoms with Crippen molar-refractivity contribution in [3.8, 4) is 0 Å². The van der Waals surface area contributed by atoms with Crippen molar-refractivity contribution in [2.45, 2.75) is 38.7 Å². The number of aliphatic hydroxyl groups excluding tert-OH is 1. The Balaban J connectivity index is 1.97. The van der Waals surface area contributed by atoms with E-state index in [9.17, 15) is 5.11 Å². The summed E-state index contributed by atoms with van der Waals surface area (Å²) in [5.41, 5.74) is 0. The summed E-state index contributed by atoms with van der Waals surface area (Å²) in [4.78, 5) is 1.28. The van der Waals surface area contributed by atoms with Crippen LogP contribution < -0.4 is 0 Å². The third-order valence-electron chi connectivity index (χ3n) is 3.51. The maximum atomic E-state index is 10.2. The molecule has 1 saturated carbocycles. The van der Waals surface area contributed by atoms with Crippen LogP contribution in [0.5, 0.6) is 0 Å². The van der Waals surface area contributed by atoms with E-state index in [1.807, 2.05) is 0 Å². The van der Waals surface area contributed by atoms with E-state index in [0.29, 0.717) is 11.8 Å². The van der Waals surface area contributed by atoms with Crippen LogP contribution in [0.3, 0.4) is 0 Å². The Morgan fingerprint density at radius 3 is 2.93 bits per heavy atom. The monoisotopic (exact) mass is 288 g/mol. The molecule has 0 aliphatic heterocycles. The number of hydrogen-bond donors (Lipinski definition) is 1. The van der Waals surface area contributed by atoms with Crippen LogP contribution in [0.25, 0.3) is 0 Å². The average molecular weight is 289 g/mol. The lowest BCUT2D eigenvalue weighted by molar-refractivity contribution is 0.0907. The largest absolute Gasteiger partial charge is 0.392 e. The number of aliphatic hydroxyl groups is 1. The molecule has 1 aromatic heterocycles. The van der Waals surface area contributed by atoms with E-state index in [-0.39, 0.29) is 6.10 Å². The van der Waals surface area contributed by atoms with E-state index < -0.39 is 0 Å². The first-order valence-corrected chi connectivity index (χ1v) is 7.25. The van der Waals surface area contributed by atoms with Crippen LogP contribution in [0.15, 0.2) is 15.9 Å². The molecular weight excluding hydrogens is 272 g/mol. The lowest BCUT2D eigenvalue weighted by atomic mass is 9.90. The van der Waals surface area contributed by atoms with Crippen LogP contribution in [0.1, 0.15) is 31.1 Å². The van der Waals surface area contributed by atoms with Gasteiger partial charge < -0.3 is 5.11 Å². The Kier molecular flexibility index (Phi) is 3.86. The van der Waals surface area contributed by atoms with Crippen LogP contribution in [0.2, 0.25) is 0 Å². The van der Waals surface area contributed by atoms with Gasteiger partial charge >= 0.3 is 0 Å². The first kappa shape index (κ1) is 11.6. The Labute approximate surface area is 104 Å². The standard InChI is InChI=1S/C12H17BrOS/c1-8-3-2-4-9(8)11(14)7-12-10(13)5-6-15-12/h5-6,8-9,11,14H,2-4,7H2,1H3. The van der Waals surface area contributed by atoms with Gasteiger partial charge in [-0.1, -0.05) is 19.8 Å². The number of rotatable bonds is 3. The lowest BCUT2D eigenvalue weighted by Gasteiger charge is -2.21. The van der Waals surface area contributed by atoms with E-state index in [1.54, 1.807) is 11.3 Å². The van der Waals surface area contributed by atoms with Crippen molar-refractivity contribution in [1.29, 1.82) is 0 Å². The summed E-state index contributed by atoms with van der Waals surface area (Å²) in [6.45, 7) is 2.27. The highest BCUT2D eigenvalue weighted by Crippen LogP contribution is 2.36. The molecule has 0 aromatic carbocycles. The first-order chi connectivity index (χ1) is 7.18. The maximum absolute atomic E-state index is 10.2. The number of hydrogen-bond acceptors (Lipinski definition) is 2. The Bertz CT molecular complexity index is 323. The molecule has 0 spiro atoms. The van der Waals surface area contributed by atoms with Crippen LogP contribution >= 0.6 is 27.3 Å². The first-order valence-electron chi connectivity index (χ1n) is 5.58. The van der Waals surface area contributed by atoms with Crippen LogP contribution in [0.4, 0.5) is 0 Å². The summed E-state index contributed by atoms with van der Waals surface area (Å²) in [5, 5.41) is 12.3. The van der Waals surface area contributed by atoms with Crippen molar-refractivity contribution in [2.75, 3.05) is 0 Å². The molecule has 15 heavy (non-hydrogen) atoms. The molecule has 1 heterocycles. The van der Waals surface area contributed by atoms with Gasteiger partial charge in [0, 0.05) is 15.8 Å². The van der Waals surface area contributed by atoms with Crippen molar-refractivity contribution >= 4 is 27.3 Å². The van der Waals surface area contributed by atoms with Gasteiger partial charge in [0.15, 0.2) is 0 Å². The second-order valence-corrected chi connectivity index (χ2v) is 6.39. The molecule has 84 valence electrons. The number of thiophene rings is 1. The quantitative estimate of drug-likeness (QED) is 0.896. The third-order valence-corrected chi connectivity index (χ3v) is 5.46. The molecule has 1 aromatic rings. The van der Waals surface area contributed by atoms with E-state index in [4.69, 9.17) is 0 Å². The van der Waals surface area contributed by atoms with Crippen molar-refractivity contribution in [3.05, 3.63) is 20.8 Å². The molecule has 0 saturated heterocycles. The van der Waals surface area contributed by atoms with Crippen molar-refractivity contribution in [1.82, 2.24) is 0 Å². The zero-order chi connectivity index (χ0) is 10.8. The molecule has 3 unspecified atom stereocenters. The Morgan fingerprint density at radius 2 is 2.40 bits per heavy atom. The van der Waals surface area contributed by atoms with Crippen LogP contribution in [-0.2, 0) is 6.42 Å². The molecule has 1 N–H and O–H groups in total. The maximum Gasteiger partial charge on any atom is 0.0619 e. The molecule has 1 aliphatic carbocycles. The molecule has 3 heteroatoms. The number of halogens is 1. The van der Waals surface area contributed by atoms with E-state index >= 15 is 0 Å². The second-order valence-electron chi connectivity index (χ2n) is 4.54. The van der Waals surface area contributed by atoms with E-state index in [2.05, 4.69) is 34.3 Å². The zero-order valence-electron chi connectivity index (χ0n) is 8.95. The summed E-state index contributed by atoms with van der Waals surface area (Å²) in [7, 11) is 0.